The minimum atomic E-state index is -3.20. The molecule has 0 aliphatic rings. The van der Waals surface area contributed by atoms with E-state index in [-0.39, 0.29) is 108 Å². The van der Waals surface area contributed by atoms with Gasteiger partial charge in [0, 0.05) is 24.5 Å². The molecule has 0 fully saturated rings. The lowest BCUT2D eigenvalue weighted by molar-refractivity contribution is -0.0521. The number of methoxy groups -OCH3 is 1. The first-order chi connectivity index (χ1) is 49.2. The van der Waals surface area contributed by atoms with E-state index in [1.807, 2.05) is 20.8 Å². The summed E-state index contributed by atoms with van der Waals surface area (Å²) >= 11 is 12.9. The Bertz CT molecular complexity index is 5910. The fraction of sp³-hybridized carbons (Fsp3) is 0.162. The van der Waals surface area contributed by atoms with Crippen LogP contribution in [0.2, 0.25) is 0 Å². The Morgan fingerprint density at radius 1 is 0.544 bits per heavy atom. The summed E-state index contributed by atoms with van der Waals surface area (Å²) in [5, 5.41) is 4.95. The second kappa shape index (κ2) is 32.5. The summed E-state index contributed by atoms with van der Waals surface area (Å²) in [7, 11) is 1.53. The van der Waals surface area contributed by atoms with Crippen LogP contribution in [0.1, 0.15) is 73.8 Å². The van der Waals surface area contributed by atoms with E-state index in [1.54, 1.807) is 56.3 Å². The number of aryl methyl sites for hydroxylation is 3. The molecular formula is C74H53Br4F8N5O12. The molecule has 103 heavy (non-hydrogen) atoms. The number of halogens is 12. The fourth-order valence-corrected chi connectivity index (χ4v) is 13.0. The highest BCUT2D eigenvalue weighted by atomic mass is 79.9. The van der Waals surface area contributed by atoms with Crippen molar-refractivity contribution >= 4 is 135 Å². The molecular weight excluding hydrogens is 1620 g/mol. The molecule has 29 heteroatoms. The lowest BCUT2D eigenvalue weighted by atomic mass is 10.0. The van der Waals surface area contributed by atoms with Crippen LogP contribution in [-0.4, -0.2) is 33.5 Å². The van der Waals surface area contributed by atoms with E-state index in [1.165, 1.54) is 97.0 Å². The molecule has 7 heterocycles. The second-order valence-corrected chi connectivity index (χ2v) is 26.0. The van der Waals surface area contributed by atoms with Crippen LogP contribution < -0.4 is 42.4 Å². The molecule has 0 saturated heterocycles. The highest BCUT2D eigenvalue weighted by Crippen LogP contribution is 2.38. The number of alkyl halides is 3. The van der Waals surface area contributed by atoms with E-state index < -0.39 is 64.2 Å². The van der Waals surface area contributed by atoms with Crippen molar-refractivity contribution in [3.63, 3.8) is 0 Å². The molecule has 2 unspecified atom stereocenters. The number of nitrogens with two attached hydrogens (primary N) is 1. The second-order valence-electron chi connectivity index (χ2n) is 22.3. The molecule has 0 bridgehead atoms. The Morgan fingerprint density at radius 3 is 1.62 bits per heavy atom. The third-order valence-electron chi connectivity index (χ3n) is 15.6. The number of ether oxygens (including phenoxy) is 2. The lowest BCUT2D eigenvalue weighted by Crippen LogP contribution is -2.15. The van der Waals surface area contributed by atoms with Crippen LogP contribution in [0, 0.1) is 41.8 Å². The standard InChI is InChI=1S/C23H14BrF4N5O3.C17H12F2O2.C12H11FO2.C11H7Br2FO2.C11H9BrO3/c1-9(20-17(24)19(34)15-11(25)3-2-4-14(15)35-20)33-22-16(21(29)30-8-31-22)18(32-33)10-5-6-13(12(26)7-10)36-23(27)28;1-2-13-15(10-5-3-6-11(18)9-10)17(20)16-12(19)7-4-8-14(16)21-13;1-2-4-8-7-10(14)12-9(13)5-3-6-11(12)15-8;1-5(12)11-9(13)10(15)8-6(14)3-2-4-7(8)16-11;1-6-10(12)11(13)9-7(14-2)4-3-5-8(9)15-6/h2-9,23H,1H3,(H2,29,30,31);3-9H,2H2,1H3;3,5-7H,2,4H2,1H3;2-5H,1H3;3-5H,1-2H3. The molecule has 17 nitrogen and oxygen atoms in total. The highest BCUT2D eigenvalue weighted by molar-refractivity contribution is 9.11. The van der Waals surface area contributed by atoms with E-state index >= 15 is 0 Å². The highest BCUT2D eigenvalue weighted by Gasteiger charge is 2.28. The maximum absolute atomic E-state index is 14.5. The molecule has 0 aliphatic heterocycles. The predicted molar refractivity (Wildman–Crippen MR) is 388 cm³/mol. The average molecular weight is 1680 g/mol. The average Bonchev–Trinajstić information content (AvgIpc) is 1.57. The fourth-order valence-electron chi connectivity index (χ4n) is 10.8. The van der Waals surface area contributed by atoms with E-state index in [4.69, 9.17) is 32.6 Å². The van der Waals surface area contributed by atoms with E-state index in [9.17, 15) is 59.1 Å². The van der Waals surface area contributed by atoms with Gasteiger partial charge in [0.15, 0.2) is 22.6 Å². The zero-order chi connectivity index (χ0) is 74.4. The van der Waals surface area contributed by atoms with Crippen molar-refractivity contribution in [2.24, 2.45) is 0 Å². The van der Waals surface area contributed by atoms with E-state index in [2.05, 4.69) is 83.5 Å². The molecule has 0 amide bonds. The van der Waals surface area contributed by atoms with Crippen molar-refractivity contribution in [1.29, 1.82) is 0 Å². The topological polar surface area (TPSA) is 239 Å². The number of anilines is 1. The molecule has 0 saturated carbocycles. The molecule has 14 aromatic rings. The minimum absolute atomic E-state index is 0.0145. The smallest absolute Gasteiger partial charge is 0.387 e. The normalized spacial score (nSPS) is 11.8. The predicted octanol–water partition coefficient (Wildman–Crippen LogP) is 19.6. The van der Waals surface area contributed by atoms with Gasteiger partial charge >= 0.3 is 6.61 Å². The number of nitrogens with zero attached hydrogens (tertiary/aromatic N) is 4. The Hall–Kier alpha value is -10.1. The van der Waals surface area contributed by atoms with Gasteiger partial charge in [0.25, 0.3) is 0 Å². The third-order valence-corrected chi connectivity index (χ3v) is 18.4. The number of nitrogen functional groups attached to an aromatic ring is 1. The van der Waals surface area contributed by atoms with Gasteiger partial charge in [-0.2, -0.15) is 13.9 Å². The summed E-state index contributed by atoms with van der Waals surface area (Å²) < 4.78 is 147. The summed E-state index contributed by atoms with van der Waals surface area (Å²) in [6.45, 7) is 5.85. The first-order valence-corrected chi connectivity index (χ1v) is 34.1. The lowest BCUT2D eigenvalue weighted by Gasteiger charge is -2.14. The number of hydrogen-bond donors (Lipinski definition) is 1. The molecule has 0 radical (unpaired) electrons. The Balaban J connectivity index is 0.000000146. The molecule has 0 spiro atoms. The molecule has 0 aliphatic carbocycles. The van der Waals surface area contributed by atoms with Crippen LogP contribution in [0.15, 0.2) is 205 Å². The molecule has 530 valence electrons. The molecule has 2 atom stereocenters. The van der Waals surface area contributed by atoms with Crippen molar-refractivity contribution in [2.45, 2.75) is 71.4 Å². The van der Waals surface area contributed by atoms with Gasteiger partial charge < -0.3 is 37.3 Å². The maximum Gasteiger partial charge on any atom is 0.387 e. The van der Waals surface area contributed by atoms with Crippen LogP contribution in [0.5, 0.6) is 11.5 Å². The van der Waals surface area contributed by atoms with E-state index in [0.29, 0.717) is 68.2 Å². The van der Waals surface area contributed by atoms with Crippen LogP contribution in [0.25, 0.3) is 88.3 Å². The number of rotatable bonds is 11. The van der Waals surface area contributed by atoms with E-state index in [0.717, 1.165) is 24.6 Å². The van der Waals surface area contributed by atoms with Crippen LogP contribution >= 0.6 is 63.7 Å². The van der Waals surface area contributed by atoms with Crippen LogP contribution in [0.4, 0.5) is 40.9 Å². The summed E-state index contributed by atoms with van der Waals surface area (Å²) in [5.41, 5.74) is 6.74. The largest absolute Gasteiger partial charge is 0.496 e. The van der Waals surface area contributed by atoms with Crippen molar-refractivity contribution in [3.05, 3.63) is 274 Å². The Morgan fingerprint density at radius 2 is 1.07 bits per heavy atom. The summed E-state index contributed by atoms with van der Waals surface area (Å²) in [6, 6.07) is 31.9. The Kier molecular flexibility index (Phi) is 23.8. The van der Waals surface area contributed by atoms with Crippen molar-refractivity contribution in [1.82, 2.24) is 19.7 Å². The van der Waals surface area contributed by atoms with Gasteiger partial charge in [-0.15, -0.1) is 0 Å². The van der Waals surface area contributed by atoms with Crippen molar-refractivity contribution < 1.29 is 66.7 Å². The van der Waals surface area contributed by atoms with Gasteiger partial charge in [0.1, 0.15) is 156 Å². The summed E-state index contributed by atoms with van der Waals surface area (Å²) in [6.07, 6.45) is 3.24. The molecule has 7 aromatic carbocycles. The first kappa shape index (κ1) is 75.6. The van der Waals surface area contributed by atoms with Gasteiger partial charge in [-0.25, -0.2) is 41.0 Å². The number of benzene rings is 7. The van der Waals surface area contributed by atoms with Crippen LogP contribution in [-0.2, 0) is 12.8 Å². The number of fused-ring (bicyclic) bond motifs is 6. The number of hydrogen-bond acceptors (Lipinski definition) is 16. The number of aromatic nitrogens is 4. The van der Waals surface area contributed by atoms with Crippen LogP contribution in [0.3, 0.4) is 0 Å². The van der Waals surface area contributed by atoms with Gasteiger partial charge in [0.2, 0.25) is 21.7 Å². The minimum Gasteiger partial charge on any atom is -0.496 e. The molecule has 7 aromatic heterocycles. The first-order valence-electron chi connectivity index (χ1n) is 30.8. The van der Waals surface area contributed by atoms with Crippen molar-refractivity contribution in [2.75, 3.05) is 12.8 Å². The van der Waals surface area contributed by atoms with Gasteiger partial charge in [-0.3, -0.25) is 24.0 Å². The maximum atomic E-state index is 14.5. The summed E-state index contributed by atoms with van der Waals surface area (Å²) in [4.78, 5) is 69.0. The monoisotopic (exact) mass is 1670 g/mol. The molecule has 2 N–H and O–H groups in total. The Labute approximate surface area is 610 Å². The zero-order valence-electron chi connectivity index (χ0n) is 54.5. The molecule has 14 rings (SSSR count). The SMILES string of the molecule is CC(Br)c1oc2cccc(F)c2c(=O)c1Br.CC(c1oc2cccc(F)c2c(=O)c1Br)n1nc(-c2ccc(OC(F)F)c(F)c2)c2c(N)ncnc21.CCCc1cc(=O)c2c(F)cccc2o1.CCc1oc2cccc(F)c2c(=O)c1-c1cccc(F)c1.COc1cccc2oc(C)c(Br)c(=O)c12. The van der Waals surface area contributed by atoms with Gasteiger partial charge in [0.05, 0.1) is 22.9 Å². The van der Waals surface area contributed by atoms with Gasteiger partial charge in [-0.1, -0.05) is 72.2 Å². The van der Waals surface area contributed by atoms with Crippen molar-refractivity contribution in [3.8, 4) is 33.9 Å². The summed E-state index contributed by atoms with van der Waals surface area (Å²) in [5.74, 6) is -1.84. The third kappa shape index (κ3) is 15.9. The van der Waals surface area contributed by atoms with Gasteiger partial charge in [-0.05, 0) is 172 Å². The zero-order valence-corrected chi connectivity index (χ0v) is 60.9. The quantitative estimate of drug-likeness (QED) is 0.0935.